The van der Waals surface area contributed by atoms with E-state index in [9.17, 15) is 4.79 Å². The van der Waals surface area contributed by atoms with Crippen molar-refractivity contribution in [1.29, 1.82) is 0 Å². The Morgan fingerprint density at radius 3 is 2.82 bits per heavy atom. The van der Waals surface area contributed by atoms with Crippen molar-refractivity contribution in [2.24, 2.45) is 5.92 Å². The normalized spacial score (nSPS) is 27.4. The predicted molar refractivity (Wildman–Crippen MR) is 66.6 cm³/mol. The lowest BCUT2D eigenvalue weighted by atomic mass is 10.0. The molecule has 96 valence electrons. The Hall–Kier alpha value is -0.870. The van der Waals surface area contributed by atoms with Gasteiger partial charge in [0.2, 0.25) is 5.91 Å². The molecule has 0 radical (unpaired) electrons. The van der Waals surface area contributed by atoms with Crippen molar-refractivity contribution in [2.45, 2.75) is 25.9 Å². The lowest BCUT2D eigenvalue weighted by molar-refractivity contribution is -0.127. The molecular formula is C13H22N2O2. The Morgan fingerprint density at radius 1 is 1.41 bits per heavy atom. The van der Waals surface area contributed by atoms with Gasteiger partial charge in [-0.2, -0.15) is 0 Å². The summed E-state index contributed by atoms with van der Waals surface area (Å²) < 4.78 is 0. The number of aliphatic hydroxyl groups is 1. The van der Waals surface area contributed by atoms with Crippen LogP contribution in [-0.4, -0.2) is 59.6 Å². The highest BCUT2D eigenvalue weighted by Crippen LogP contribution is 2.15. The van der Waals surface area contributed by atoms with Crippen molar-refractivity contribution >= 4 is 5.91 Å². The second-order valence-electron chi connectivity index (χ2n) is 5.31. The Morgan fingerprint density at radius 2 is 2.18 bits per heavy atom. The SMILES string of the molecule is CC1CCCN(C(=O)/C=C/CN2CC(O)C2)C1. The number of hydrogen-bond donors (Lipinski definition) is 1. The van der Waals surface area contributed by atoms with Crippen LogP contribution in [0.5, 0.6) is 0 Å². The zero-order valence-electron chi connectivity index (χ0n) is 10.5. The molecule has 0 aliphatic carbocycles. The molecular weight excluding hydrogens is 216 g/mol. The minimum Gasteiger partial charge on any atom is -0.390 e. The van der Waals surface area contributed by atoms with E-state index in [1.807, 2.05) is 11.0 Å². The van der Waals surface area contributed by atoms with Gasteiger partial charge in [-0.05, 0) is 18.8 Å². The maximum Gasteiger partial charge on any atom is 0.246 e. The van der Waals surface area contributed by atoms with Crippen LogP contribution in [0.15, 0.2) is 12.2 Å². The first kappa shape index (κ1) is 12.6. The monoisotopic (exact) mass is 238 g/mol. The third-order valence-corrected chi connectivity index (χ3v) is 3.53. The van der Waals surface area contributed by atoms with Gasteiger partial charge in [0.15, 0.2) is 0 Å². The molecule has 4 heteroatoms. The topological polar surface area (TPSA) is 43.8 Å². The number of aliphatic hydroxyl groups excluding tert-OH is 1. The number of likely N-dealkylation sites (tertiary alicyclic amines) is 2. The second-order valence-corrected chi connectivity index (χ2v) is 5.31. The molecule has 1 N–H and O–H groups in total. The van der Waals surface area contributed by atoms with Crippen LogP contribution in [0.25, 0.3) is 0 Å². The van der Waals surface area contributed by atoms with Gasteiger partial charge in [-0.3, -0.25) is 9.69 Å². The van der Waals surface area contributed by atoms with E-state index in [1.54, 1.807) is 6.08 Å². The van der Waals surface area contributed by atoms with Crippen molar-refractivity contribution in [2.75, 3.05) is 32.7 Å². The molecule has 1 unspecified atom stereocenters. The third kappa shape index (κ3) is 3.54. The van der Waals surface area contributed by atoms with Crippen molar-refractivity contribution < 1.29 is 9.90 Å². The summed E-state index contributed by atoms with van der Waals surface area (Å²) >= 11 is 0. The summed E-state index contributed by atoms with van der Waals surface area (Å²) in [5.41, 5.74) is 0. The summed E-state index contributed by atoms with van der Waals surface area (Å²) in [6.07, 6.45) is 5.79. The average molecular weight is 238 g/mol. The smallest absolute Gasteiger partial charge is 0.246 e. The average Bonchev–Trinajstić information content (AvgIpc) is 2.26. The van der Waals surface area contributed by atoms with E-state index in [0.29, 0.717) is 5.92 Å². The molecule has 2 aliphatic heterocycles. The first-order valence-corrected chi connectivity index (χ1v) is 6.51. The quantitative estimate of drug-likeness (QED) is 0.727. The Bertz CT molecular complexity index is 298. The summed E-state index contributed by atoms with van der Waals surface area (Å²) in [5, 5.41) is 9.12. The third-order valence-electron chi connectivity index (χ3n) is 3.53. The lowest BCUT2D eigenvalue weighted by Gasteiger charge is -2.34. The van der Waals surface area contributed by atoms with Gasteiger partial charge < -0.3 is 10.0 Å². The van der Waals surface area contributed by atoms with Gasteiger partial charge in [0, 0.05) is 38.8 Å². The zero-order valence-corrected chi connectivity index (χ0v) is 10.5. The fourth-order valence-corrected chi connectivity index (χ4v) is 2.49. The van der Waals surface area contributed by atoms with E-state index in [-0.39, 0.29) is 12.0 Å². The van der Waals surface area contributed by atoms with Crippen LogP contribution >= 0.6 is 0 Å². The van der Waals surface area contributed by atoms with Gasteiger partial charge >= 0.3 is 0 Å². The first-order valence-electron chi connectivity index (χ1n) is 6.51. The van der Waals surface area contributed by atoms with E-state index >= 15 is 0 Å². The largest absolute Gasteiger partial charge is 0.390 e. The molecule has 1 amide bonds. The van der Waals surface area contributed by atoms with Crippen molar-refractivity contribution in [3.63, 3.8) is 0 Å². The highest BCUT2D eigenvalue weighted by molar-refractivity contribution is 5.87. The minimum absolute atomic E-state index is 0.137. The molecule has 2 heterocycles. The van der Waals surface area contributed by atoms with Gasteiger partial charge in [0.05, 0.1) is 6.10 Å². The molecule has 0 aromatic rings. The summed E-state index contributed by atoms with van der Waals surface area (Å²) in [7, 11) is 0. The summed E-state index contributed by atoms with van der Waals surface area (Å²) in [6, 6.07) is 0. The highest BCUT2D eigenvalue weighted by atomic mass is 16.3. The molecule has 0 spiro atoms. The van der Waals surface area contributed by atoms with Crippen molar-refractivity contribution in [1.82, 2.24) is 9.80 Å². The molecule has 2 fully saturated rings. The van der Waals surface area contributed by atoms with E-state index in [4.69, 9.17) is 5.11 Å². The van der Waals surface area contributed by atoms with Crippen LogP contribution in [0.4, 0.5) is 0 Å². The number of hydrogen-bond acceptors (Lipinski definition) is 3. The number of amides is 1. The van der Waals surface area contributed by atoms with Crippen LogP contribution in [0, 0.1) is 5.92 Å². The van der Waals surface area contributed by atoms with Gasteiger partial charge in [0.25, 0.3) is 0 Å². The van der Waals surface area contributed by atoms with E-state index in [2.05, 4.69) is 11.8 Å². The number of piperidine rings is 1. The summed E-state index contributed by atoms with van der Waals surface area (Å²) in [5.74, 6) is 0.768. The molecule has 17 heavy (non-hydrogen) atoms. The summed E-state index contributed by atoms with van der Waals surface area (Å²) in [6.45, 7) is 6.23. The molecule has 0 bridgehead atoms. The Balaban J connectivity index is 1.70. The van der Waals surface area contributed by atoms with Gasteiger partial charge in [-0.15, -0.1) is 0 Å². The standard InChI is InChI=1S/C13H22N2O2/c1-11-4-2-7-15(8-11)13(17)5-3-6-14-9-12(16)10-14/h3,5,11-12,16H,2,4,6-10H2,1H3/b5-3+. The molecule has 4 nitrogen and oxygen atoms in total. The van der Waals surface area contributed by atoms with Crippen LogP contribution in [0.3, 0.4) is 0 Å². The number of carbonyl (C=O) groups excluding carboxylic acids is 1. The Kier molecular flexibility index (Phi) is 4.18. The fraction of sp³-hybridized carbons (Fsp3) is 0.769. The number of rotatable bonds is 3. The summed E-state index contributed by atoms with van der Waals surface area (Å²) in [4.78, 5) is 15.9. The predicted octanol–water partition coefficient (Wildman–Crippen LogP) is 0.478. The molecule has 2 aliphatic rings. The second kappa shape index (κ2) is 5.65. The van der Waals surface area contributed by atoms with Crippen LogP contribution in [0.2, 0.25) is 0 Å². The molecule has 1 atom stereocenters. The lowest BCUT2D eigenvalue weighted by Crippen LogP contribution is -2.50. The van der Waals surface area contributed by atoms with E-state index < -0.39 is 0 Å². The van der Waals surface area contributed by atoms with E-state index in [0.717, 1.165) is 39.1 Å². The maximum absolute atomic E-state index is 11.9. The van der Waals surface area contributed by atoms with Crippen molar-refractivity contribution in [3.8, 4) is 0 Å². The van der Waals surface area contributed by atoms with E-state index in [1.165, 1.54) is 6.42 Å². The number of β-amino-alcohol motifs (C(OH)–C–C–N with tert-alkyl or cyclic N) is 1. The maximum atomic E-state index is 11.9. The Labute approximate surface area is 103 Å². The van der Waals surface area contributed by atoms with Crippen molar-refractivity contribution in [3.05, 3.63) is 12.2 Å². The van der Waals surface area contributed by atoms with Gasteiger partial charge in [0.1, 0.15) is 0 Å². The van der Waals surface area contributed by atoms with Gasteiger partial charge in [-0.1, -0.05) is 13.0 Å². The highest BCUT2D eigenvalue weighted by Gasteiger charge is 2.23. The first-order chi connectivity index (χ1) is 8.15. The van der Waals surface area contributed by atoms with Gasteiger partial charge in [-0.25, -0.2) is 0 Å². The molecule has 2 rings (SSSR count). The van der Waals surface area contributed by atoms with Crippen LogP contribution < -0.4 is 0 Å². The minimum atomic E-state index is -0.165. The zero-order chi connectivity index (χ0) is 12.3. The van der Waals surface area contributed by atoms with Crippen LogP contribution in [0.1, 0.15) is 19.8 Å². The number of nitrogens with zero attached hydrogens (tertiary/aromatic N) is 2. The fourth-order valence-electron chi connectivity index (χ4n) is 2.49. The molecule has 0 saturated carbocycles. The molecule has 2 saturated heterocycles. The molecule has 0 aromatic heterocycles. The number of carbonyl (C=O) groups is 1. The molecule has 0 aromatic carbocycles. The van der Waals surface area contributed by atoms with Crippen LogP contribution in [-0.2, 0) is 4.79 Å².